The fourth-order valence-electron chi connectivity index (χ4n) is 2.45. The topological polar surface area (TPSA) is 107 Å². The van der Waals surface area contributed by atoms with Crippen LogP contribution >= 0.6 is 11.8 Å². The zero-order valence-corrected chi connectivity index (χ0v) is 17.8. The van der Waals surface area contributed by atoms with Crippen molar-refractivity contribution in [1.29, 1.82) is 0 Å². The Hall–Kier alpha value is 0.464. The summed E-state index contributed by atoms with van der Waals surface area (Å²) in [7, 11) is 3.79. The molecule has 0 aliphatic carbocycles. The summed E-state index contributed by atoms with van der Waals surface area (Å²) in [6.45, 7) is 0.971. The van der Waals surface area contributed by atoms with Gasteiger partial charge in [0.05, 0.1) is 9.75 Å². The van der Waals surface area contributed by atoms with E-state index in [9.17, 15) is 0 Å². The summed E-state index contributed by atoms with van der Waals surface area (Å²) < 4.78 is 33.7. The molecule has 2 unspecified atom stereocenters. The zero-order chi connectivity index (χ0) is 17.9. The summed E-state index contributed by atoms with van der Waals surface area (Å²) >= 11 is 1.61. The molecule has 0 aromatic carbocycles. The van der Waals surface area contributed by atoms with E-state index >= 15 is 0 Å². The Morgan fingerprint density at radius 3 is 1.09 bits per heavy atom. The number of hydrogen-bond acceptors (Lipinski definition) is 9. The third-order valence-corrected chi connectivity index (χ3v) is 12.9. The molecule has 11 heteroatoms. The average molecular weight is 389 g/mol. The van der Waals surface area contributed by atoms with E-state index in [1.54, 1.807) is 54.4 Å². The molecule has 0 saturated carbocycles. The lowest BCUT2D eigenvalue weighted by atomic mass is 10.5. The Bertz CT molecular complexity index is 267. The lowest BCUT2D eigenvalue weighted by Gasteiger charge is -2.37. The van der Waals surface area contributed by atoms with Crippen molar-refractivity contribution in [2.24, 2.45) is 11.5 Å². The Kier molecular flexibility index (Phi) is 12.2. The standard InChI is InChI=1S/C12H32N2O6SSi2/c1-15-22(16-2,17-3)11(7-9-13)21-12(8-10-14)23(18-4,19-5)20-6/h11-12H,7-10,13-14H2,1-6H3. The van der Waals surface area contributed by atoms with E-state index < -0.39 is 17.6 Å². The van der Waals surface area contributed by atoms with E-state index in [1.807, 2.05) is 0 Å². The van der Waals surface area contributed by atoms with Gasteiger partial charge < -0.3 is 38.0 Å². The molecule has 0 saturated heterocycles. The van der Waals surface area contributed by atoms with Crippen LogP contribution in [0.4, 0.5) is 0 Å². The van der Waals surface area contributed by atoms with Crippen LogP contribution in [-0.4, -0.2) is 83.1 Å². The molecule has 0 aliphatic heterocycles. The molecule has 0 heterocycles. The minimum Gasteiger partial charge on any atom is -0.376 e. The van der Waals surface area contributed by atoms with Crippen LogP contribution in [0, 0.1) is 0 Å². The van der Waals surface area contributed by atoms with Gasteiger partial charge in [0, 0.05) is 42.7 Å². The maximum absolute atomic E-state index is 5.78. The zero-order valence-electron chi connectivity index (χ0n) is 15.0. The number of thioether (sulfide) groups is 1. The lowest BCUT2D eigenvalue weighted by molar-refractivity contribution is 0.118. The fraction of sp³-hybridized carbons (Fsp3) is 1.00. The smallest absolute Gasteiger partial charge is 0.376 e. The van der Waals surface area contributed by atoms with Crippen LogP contribution in [0.2, 0.25) is 0 Å². The highest BCUT2D eigenvalue weighted by molar-refractivity contribution is 8.03. The van der Waals surface area contributed by atoms with Crippen LogP contribution in [0.3, 0.4) is 0 Å². The maximum Gasteiger partial charge on any atom is 0.513 e. The number of rotatable bonds is 14. The molecule has 23 heavy (non-hydrogen) atoms. The van der Waals surface area contributed by atoms with Crippen molar-refractivity contribution in [3.05, 3.63) is 0 Å². The van der Waals surface area contributed by atoms with Gasteiger partial charge in [-0.1, -0.05) is 0 Å². The van der Waals surface area contributed by atoms with Crippen molar-refractivity contribution in [2.75, 3.05) is 55.7 Å². The number of hydrogen-bond donors (Lipinski definition) is 2. The molecule has 0 bridgehead atoms. The monoisotopic (exact) mass is 388 g/mol. The highest BCUT2D eigenvalue weighted by Gasteiger charge is 2.54. The quantitative estimate of drug-likeness (QED) is 0.397. The Morgan fingerprint density at radius 2 is 0.913 bits per heavy atom. The Balaban J connectivity index is 5.54. The largest absolute Gasteiger partial charge is 0.513 e. The molecule has 4 N–H and O–H groups in total. The molecule has 0 aliphatic rings. The predicted octanol–water partition coefficient (Wildman–Crippen LogP) is -0.0110. The van der Waals surface area contributed by atoms with Gasteiger partial charge in [-0.3, -0.25) is 0 Å². The van der Waals surface area contributed by atoms with Gasteiger partial charge in [0.25, 0.3) is 0 Å². The number of nitrogens with two attached hydrogens (primary N) is 2. The van der Waals surface area contributed by atoms with Crippen LogP contribution in [0.15, 0.2) is 0 Å². The van der Waals surface area contributed by atoms with E-state index in [4.69, 9.17) is 38.0 Å². The van der Waals surface area contributed by atoms with Gasteiger partial charge in [-0.25, -0.2) is 0 Å². The van der Waals surface area contributed by atoms with Crippen molar-refractivity contribution in [3.8, 4) is 0 Å². The van der Waals surface area contributed by atoms with Crippen LogP contribution in [-0.2, 0) is 26.6 Å². The normalized spacial score (nSPS) is 15.7. The first-order valence-corrected chi connectivity index (χ1v) is 11.9. The minimum atomic E-state index is -2.88. The van der Waals surface area contributed by atoms with Gasteiger partial charge >= 0.3 is 17.6 Å². The molecule has 2 atom stereocenters. The summed E-state index contributed by atoms with van der Waals surface area (Å²) in [6, 6.07) is 0. The molecular formula is C12H32N2O6SSi2. The van der Waals surface area contributed by atoms with Crippen molar-refractivity contribution in [2.45, 2.75) is 22.6 Å². The second kappa shape index (κ2) is 11.9. The average Bonchev–Trinajstić information content (AvgIpc) is 2.59. The predicted molar refractivity (Wildman–Crippen MR) is 96.1 cm³/mol. The third-order valence-electron chi connectivity index (χ3n) is 3.68. The molecule has 140 valence electrons. The highest BCUT2D eigenvalue weighted by atomic mass is 32.2. The van der Waals surface area contributed by atoms with Crippen LogP contribution < -0.4 is 11.5 Å². The molecular weight excluding hydrogens is 356 g/mol. The van der Waals surface area contributed by atoms with Crippen molar-refractivity contribution < 1.29 is 26.6 Å². The second-order valence-electron chi connectivity index (χ2n) is 4.70. The van der Waals surface area contributed by atoms with E-state index in [0.29, 0.717) is 25.9 Å². The fourth-order valence-corrected chi connectivity index (χ4v) is 11.5. The first kappa shape index (κ1) is 23.5. The second-order valence-corrected chi connectivity index (χ2v) is 13.2. The molecule has 0 fully saturated rings. The molecule has 0 rings (SSSR count). The lowest BCUT2D eigenvalue weighted by Crippen LogP contribution is -2.58. The van der Waals surface area contributed by atoms with Crippen LogP contribution in [0.1, 0.15) is 12.8 Å². The van der Waals surface area contributed by atoms with Gasteiger partial charge in [0.1, 0.15) is 0 Å². The summed E-state index contributed by atoms with van der Waals surface area (Å²) in [5, 5.41) is 0. The molecule has 0 aromatic heterocycles. The summed E-state index contributed by atoms with van der Waals surface area (Å²) in [4.78, 5) is -0.146. The SMILES string of the molecule is CO[Si](OC)(OC)C(CCN)SC(CCN)[Si](OC)(OC)OC. The van der Waals surface area contributed by atoms with E-state index in [0.717, 1.165) is 0 Å². The van der Waals surface area contributed by atoms with Gasteiger partial charge in [0.2, 0.25) is 0 Å². The van der Waals surface area contributed by atoms with E-state index in [1.165, 1.54) is 0 Å². The van der Waals surface area contributed by atoms with Crippen molar-refractivity contribution in [3.63, 3.8) is 0 Å². The first-order chi connectivity index (χ1) is 11.0. The van der Waals surface area contributed by atoms with E-state index in [2.05, 4.69) is 0 Å². The summed E-state index contributed by atoms with van der Waals surface area (Å²) in [5.41, 5.74) is 11.6. The summed E-state index contributed by atoms with van der Waals surface area (Å²) in [6.07, 6.45) is 1.35. The molecule has 0 amide bonds. The Morgan fingerprint density at radius 1 is 0.652 bits per heavy atom. The van der Waals surface area contributed by atoms with Gasteiger partial charge in [0.15, 0.2) is 0 Å². The highest BCUT2D eigenvalue weighted by Crippen LogP contribution is 2.36. The third kappa shape index (κ3) is 5.75. The van der Waals surface area contributed by atoms with Gasteiger partial charge in [-0.15, -0.1) is 11.8 Å². The minimum absolute atomic E-state index is 0.0728. The molecule has 0 aromatic rings. The summed E-state index contributed by atoms with van der Waals surface area (Å²) in [5.74, 6) is 0. The molecule has 8 nitrogen and oxygen atoms in total. The van der Waals surface area contributed by atoms with Crippen LogP contribution in [0.25, 0.3) is 0 Å². The van der Waals surface area contributed by atoms with Gasteiger partial charge in [-0.2, -0.15) is 0 Å². The van der Waals surface area contributed by atoms with Crippen molar-refractivity contribution in [1.82, 2.24) is 0 Å². The van der Waals surface area contributed by atoms with Crippen LogP contribution in [0.5, 0.6) is 0 Å². The Labute approximate surface area is 146 Å². The maximum atomic E-state index is 5.78. The van der Waals surface area contributed by atoms with Gasteiger partial charge in [-0.05, 0) is 25.9 Å². The molecule has 0 spiro atoms. The van der Waals surface area contributed by atoms with Crippen molar-refractivity contribution >= 4 is 29.4 Å². The van der Waals surface area contributed by atoms with E-state index in [-0.39, 0.29) is 9.75 Å². The first-order valence-electron chi connectivity index (χ1n) is 7.36. The molecule has 0 radical (unpaired) electrons.